The van der Waals surface area contributed by atoms with E-state index < -0.39 is 10.8 Å². The minimum Gasteiger partial charge on any atom is -0.508 e. The third-order valence-corrected chi connectivity index (χ3v) is 3.17. The first kappa shape index (κ1) is 16.7. The molecular formula is C17H13N3O4. The molecule has 0 saturated heterocycles. The van der Waals surface area contributed by atoms with Crippen LogP contribution in [0.15, 0.2) is 54.1 Å². The van der Waals surface area contributed by atoms with E-state index in [-0.39, 0.29) is 29.1 Å². The van der Waals surface area contributed by atoms with Crippen LogP contribution >= 0.6 is 0 Å². The molecule has 2 aromatic carbocycles. The highest BCUT2D eigenvalue weighted by Crippen LogP contribution is 2.25. The molecule has 0 radical (unpaired) electrons. The lowest BCUT2D eigenvalue weighted by atomic mass is 10.1. The van der Waals surface area contributed by atoms with E-state index in [0.29, 0.717) is 0 Å². The normalized spacial score (nSPS) is 10.7. The van der Waals surface area contributed by atoms with Crippen molar-refractivity contribution in [3.05, 3.63) is 75.3 Å². The molecule has 0 saturated carbocycles. The average molecular weight is 323 g/mol. The van der Waals surface area contributed by atoms with Crippen LogP contribution in [-0.2, 0) is 11.3 Å². The molecule has 0 unspecified atom stereocenters. The summed E-state index contributed by atoms with van der Waals surface area (Å²) in [6.07, 6.45) is 1.08. The summed E-state index contributed by atoms with van der Waals surface area (Å²) in [5.74, 6) is -0.854. The second-order valence-electron chi connectivity index (χ2n) is 4.84. The fourth-order valence-corrected chi connectivity index (χ4v) is 2.00. The van der Waals surface area contributed by atoms with Gasteiger partial charge in [0.25, 0.3) is 11.6 Å². The highest BCUT2D eigenvalue weighted by atomic mass is 16.6. The summed E-state index contributed by atoms with van der Waals surface area (Å²) in [5.41, 5.74) is 0.230. The number of carbonyl (C=O) groups excluding carboxylic acids is 1. The van der Waals surface area contributed by atoms with Gasteiger partial charge in [0, 0.05) is 12.6 Å². The van der Waals surface area contributed by atoms with Crippen molar-refractivity contribution in [3.8, 4) is 11.8 Å². The minimum absolute atomic E-state index is 0.0218. The zero-order valence-electron chi connectivity index (χ0n) is 12.5. The van der Waals surface area contributed by atoms with Gasteiger partial charge in [0.05, 0.1) is 10.5 Å². The van der Waals surface area contributed by atoms with Crippen molar-refractivity contribution >= 4 is 17.7 Å². The van der Waals surface area contributed by atoms with Gasteiger partial charge in [-0.3, -0.25) is 14.9 Å². The number of benzene rings is 2. The quantitative estimate of drug-likeness (QED) is 0.379. The van der Waals surface area contributed by atoms with Gasteiger partial charge < -0.3 is 10.4 Å². The first-order valence-corrected chi connectivity index (χ1v) is 6.92. The van der Waals surface area contributed by atoms with Crippen LogP contribution in [0, 0.1) is 21.4 Å². The Morgan fingerprint density at radius 1 is 1.29 bits per heavy atom. The van der Waals surface area contributed by atoms with E-state index in [2.05, 4.69) is 5.32 Å². The summed E-state index contributed by atoms with van der Waals surface area (Å²) >= 11 is 0. The molecule has 7 nitrogen and oxygen atoms in total. The van der Waals surface area contributed by atoms with Crippen molar-refractivity contribution in [3.63, 3.8) is 0 Å². The maximum absolute atomic E-state index is 12.1. The number of phenols is 1. The maximum Gasteiger partial charge on any atom is 0.276 e. The van der Waals surface area contributed by atoms with E-state index in [9.17, 15) is 20.0 Å². The number of nitro benzene ring substituents is 1. The van der Waals surface area contributed by atoms with Gasteiger partial charge in [0.2, 0.25) is 0 Å². The van der Waals surface area contributed by atoms with Crippen LogP contribution in [0.2, 0.25) is 0 Å². The Hall–Kier alpha value is -3.66. The second kappa shape index (κ2) is 7.56. The molecule has 24 heavy (non-hydrogen) atoms. The lowest BCUT2D eigenvalue weighted by Gasteiger charge is -2.05. The van der Waals surface area contributed by atoms with Gasteiger partial charge in [-0.1, -0.05) is 30.3 Å². The standard InChI is InChI=1S/C17H13N3O4/c18-10-14(17(22)19-11-12-4-2-1-3-5-12)8-13-9-15(21)6-7-16(13)20(23)24/h1-9,21H,11H2,(H,19,22)/b14-8+. The summed E-state index contributed by atoms with van der Waals surface area (Å²) in [6.45, 7) is 0.223. The topological polar surface area (TPSA) is 116 Å². The van der Waals surface area contributed by atoms with Crippen molar-refractivity contribution in [1.29, 1.82) is 5.26 Å². The van der Waals surface area contributed by atoms with Crippen LogP contribution in [0.3, 0.4) is 0 Å². The zero-order chi connectivity index (χ0) is 17.5. The number of hydrogen-bond acceptors (Lipinski definition) is 5. The summed E-state index contributed by atoms with van der Waals surface area (Å²) in [4.78, 5) is 22.4. The SMILES string of the molecule is N#C/C(=C\c1cc(O)ccc1[N+](=O)[O-])C(=O)NCc1ccccc1. The van der Waals surface area contributed by atoms with E-state index in [1.165, 1.54) is 0 Å². The Labute approximate surface area is 137 Å². The molecule has 2 rings (SSSR count). The van der Waals surface area contributed by atoms with E-state index in [4.69, 9.17) is 5.26 Å². The lowest BCUT2D eigenvalue weighted by molar-refractivity contribution is -0.385. The van der Waals surface area contributed by atoms with Crippen LogP contribution in [0.25, 0.3) is 6.08 Å². The molecule has 0 bridgehead atoms. The van der Waals surface area contributed by atoms with Crippen LogP contribution < -0.4 is 5.32 Å². The average Bonchev–Trinajstić information content (AvgIpc) is 2.58. The predicted octanol–water partition coefficient (Wildman–Crippen LogP) is 2.52. The molecule has 120 valence electrons. The van der Waals surface area contributed by atoms with E-state index in [1.54, 1.807) is 6.07 Å². The number of nitrogens with zero attached hydrogens (tertiary/aromatic N) is 2. The highest BCUT2D eigenvalue weighted by molar-refractivity contribution is 6.02. The Balaban J connectivity index is 2.23. The van der Waals surface area contributed by atoms with Gasteiger partial charge in [-0.2, -0.15) is 5.26 Å². The molecule has 0 aliphatic rings. The largest absolute Gasteiger partial charge is 0.508 e. The number of rotatable bonds is 5. The summed E-state index contributed by atoms with van der Waals surface area (Å²) in [6, 6.07) is 14.2. The Morgan fingerprint density at radius 2 is 2.00 bits per heavy atom. The van der Waals surface area contributed by atoms with Gasteiger partial charge >= 0.3 is 0 Å². The molecular weight excluding hydrogens is 310 g/mol. The third-order valence-electron chi connectivity index (χ3n) is 3.17. The van der Waals surface area contributed by atoms with E-state index in [1.807, 2.05) is 30.3 Å². The van der Waals surface area contributed by atoms with Gasteiger partial charge in [-0.25, -0.2) is 0 Å². The zero-order valence-corrected chi connectivity index (χ0v) is 12.5. The van der Waals surface area contributed by atoms with E-state index in [0.717, 1.165) is 29.8 Å². The second-order valence-corrected chi connectivity index (χ2v) is 4.84. The smallest absolute Gasteiger partial charge is 0.276 e. The molecule has 7 heteroatoms. The highest BCUT2D eigenvalue weighted by Gasteiger charge is 2.16. The predicted molar refractivity (Wildman–Crippen MR) is 86.6 cm³/mol. The van der Waals surface area contributed by atoms with Crippen LogP contribution in [0.4, 0.5) is 5.69 Å². The maximum atomic E-state index is 12.1. The molecule has 0 aliphatic carbocycles. The van der Waals surface area contributed by atoms with Gasteiger partial charge in [-0.15, -0.1) is 0 Å². The third kappa shape index (κ3) is 4.18. The van der Waals surface area contributed by atoms with Crippen molar-refractivity contribution < 1.29 is 14.8 Å². The monoisotopic (exact) mass is 323 g/mol. The van der Waals surface area contributed by atoms with Crippen LogP contribution in [-0.4, -0.2) is 15.9 Å². The van der Waals surface area contributed by atoms with Crippen molar-refractivity contribution in [2.75, 3.05) is 0 Å². The molecule has 2 N–H and O–H groups in total. The van der Waals surface area contributed by atoms with Crippen LogP contribution in [0.5, 0.6) is 5.75 Å². The molecule has 0 aromatic heterocycles. The minimum atomic E-state index is -0.654. The summed E-state index contributed by atoms with van der Waals surface area (Å²) in [5, 5.41) is 32.2. The summed E-state index contributed by atoms with van der Waals surface area (Å²) < 4.78 is 0. The molecule has 0 spiro atoms. The summed E-state index contributed by atoms with van der Waals surface area (Å²) in [7, 11) is 0. The van der Waals surface area contributed by atoms with Crippen molar-refractivity contribution in [2.24, 2.45) is 0 Å². The number of nitrogens with one attached hydrogen (secondary N) is 1. The first-order valence-electron chi connectivity index (χ1n) is 6.92. The lowest BCUT2D eigenvalue weighted by Crippen LogP contribution is -2.23. The fourth-order valence-electron chi connectivity index (χ4n) is 2.00. The fraction of sp³-hybridized carbons (Fsp3) is 0.0588. The molecule has 0 fully saturated rings. The number of carbonyl (C=O) groups is 1. The van der Waals surface area contributed by atoms with Gasteiger partial charge in [0.15, 0.2) is 0 Å². The molecule has 2 aromatic rings. The number of phenolic OH excluding ortho intramolecular Hbond substituents is 1. The van der Waals surface area contributed by atoms with Crippen LogP contribution in [0.1, 0.15) is 11.1 Å². The molecule has 0 aliphatic heterocycles. The number of hydrogen-bond donors (Lipinski definition) is 2. The van der Waals surface area contributed by atoms with Crippen molar-refractivity contribution in [2.45, 2.75) is 6.54 Å². The van der Waals surface area contributed by atoms with Gasteiger partial charge in [0.1, 0.15) is 17.4 Å². The number of nitriles is 1. The first-order chi connectivity index (χ1) is 11.5. The number of aromatic hydroxyl groups is 1. The van der Waals surface area contributed by atoms with Gasteiger partial charge in [-0.05, 0) is 23.8 Å². The Kier molecular flexibility index (Phi) is 5.26. The molecule has 0 heterocycles. The Morgan fingerprint density at radius 3 is 2.62 bits per heavy atom. The van der Waals surface area contributed by atoms with Crippen molar-refractivity contribution in [1.82, 2.24) is 5.32 Å². The molecule has 1 amide bonds. The Bertz CT molecular complexity index is 839. The number of nitro groups is 1. The van der Waals surface area contributed by atoms with E-state index >= 15 is 0 Å². The molecule has 0 atom stereocenters. The number of amides is 1.